The molecule has 3 heteroatoms. The van der Waals surface area contributed by atoms with Crippen molar-refractivity contribution in [3.05, 3.63) is 24.0 Å². The fourth-order valence-electron chi connectivity index (χ4n) is 1.10. The molecule has 0 aromatic carbocycles. The number of rotatable bonds is 1. The van der Waals surface area contributed by atoms with Gasteiger partial charge in [0, 0.05) is 6.08 Å². The van der Waals surface area contributed by atoms with Crippen molar-refractivity contribution in [2.24, 2.45) is 9.98 Å². The first-order valence-electron chi connectivity index (χ1n) is 3.43. The Morgan fingerprint density at radius 3 is 3.27 bits per heavy atom. The van der Waals surface area contributed by atoms with Gasteiger partial charge in [-0.05, 0) is 6.08 Å². The molecule has 1 aliphatic heterocycles. The average Bonchev–Trinajstić information content (AvgIpc) is 2.50. The molecule has 1 atom stereocenters. The van der Waals surface area contributed by atoms with E-state index < -0.39 is 0 Å². The van der Waals surface area contributed by atoms with Crippen LogP contribution in [0.25, 0.3) is 0 Å². The maximum Gasteiger partial charge on any atom is 0.120 e. The van der Waals surface area contributed by atoms with Crippen molar-refractivity contribution in [2.45, 2.75) is 6.04 Å². The second-order valence-corrected chi connectivity index (χ2v) is 2.37. The molecular formula is C8H8N2O. The molecular weight excluding hydrogens is 140 g/mol. The lowest BCUT2D eigenvalue weighted by molar-refractivity contribution is 0.306. The lowest BCUT2D eigenvalue weighted by Gasteiger charge is -2.09. The zero-order valence-electron chi connectivity index (χ0n) is 6.19. The molecule has 0 bridgehead atoms. The molecule has 0 radical (unpaired) electrons. The van der Waals surface area contributed by atoms with Gasteiger partial charge >= 0.3 is 0 Å². The van der Waals surface area contributed by atoms with Crippen molar-refractivity contribution >= 4 is 12.1 Å². The van der Waals surface area contributed by atoms with Crippen LogP contribution in [0.3, 0.4) is 0 Å². The summed E-state index contributed by atoms with van der Waals surface area (Å²) in [5.74, 6) is 0.838. The van der Waals surface area contributed by atoms with Crippen LogP contribution in [0.15, 0.2) is 34.0 Å². The summed E-state index contributed by atoms with van der Waals surface area (Å²) >= 11 is 0. The molecule has 11 heavy (non-hydrogen) atoms. The SMILES string of the molecule is COC1=CC2=NC=NC2C=C1. The van der Waals surface area contributed by atoms with Gasteiger partial charge in [-0.25, -0.2) is 4.99 Å². The highest BCUT2D eigenvalue weighted by Crippen LogP contribution is 2.14. The molecule has 0 aromatic rings. The van der Waals surface area contributed by atoms with Crippen LogP contribution < -0.4 is 0 Å². The fourth-order valence-corrected chi connectivity index (χ4v) is 1.10. The molecule has 1 unspecified atom stereocenters. The van der Waals surface area contributed by atoms with E-state index in [2.05, 4.69) is 9.98 Å². The molecule has 0 saturated carbocycles. The smallest absolute Gasteiger partial charge is 0.120 e. The summed E-state index contributed by atoms with van der Waals surface area (Å²) in [6, 6.07) is 0.133. The van der Waals surface area contributed by atoms with E-state index in [9.17, 15) is 0 Å². The van der Waals surface area contributed by atoms with Crippen LogP contribution in [0, 0.1) is 0 Å². The third kappa shape index (κ3) is 0.981. The van der Waals surface area contributed by atoms with Crippen molar-refractivity contribution in [1.82, 2.24) is 0 Å². The van der Waals surface area contributed by atoms with Gasteiger partial charge in [-0.15, -0.1) is 0 Å². The standard InChI is InChI=1S/C8H8N2O/c1-11-6-2-3-7-8(4-6)10-5-9-7/h2-5,7H,1H3. The summed E-state index contributed by atoms with van der Waals surface area (Å²) in [6.45, 7) is 0. The summed E-state index contributed by atoms with van der Waals surface area (Å²) in [5, 5.41) is 0. The quantitative estimate of drug-likeness (QED) is 0.544. The van der Waals surface area contributed by atoms with Crippen molar-refractivity contribution in [2.75, 3.05) is 7.11 Å². The van der Waals surface area contributed by atoms with E-state index in [1.54, 1.807) is 13.4 Å². The Hall–Kier alpha value is -1.38. The van der Waals surface area contributed by atoms with Gasteiger partial charge in [0.1, 0.15) is 18.1 Å². The minimum Gasteiger partial charge on any atom is -0.497 e. The molecule has 2 rings (SSSR count). The third-order valence-electron chi connectivity index (χ3n) is 1.71. The Labute approximate surface area is 64.8 Å². The van der Waals surface area contributed by atoms with Gasteiger partial charge in [0.05, 0.1) is 12.8 Å². The molecule has 0 spiro atoms. The van der Waals surface area contributed by atoms with Crippen molar-refractivity contribution in [3.63, 3.8) is 0 Å². The summed E-state index contributed by atoms with van der Waals surface area (Å²) in [7, 11) is 1.65. The van der Waals surface area contributed by atoms with E-state index in [-0.39, 0.29) is 6.04 Å². The number of allylic oxidation sites excluding steroid dienone is 1. The van der Waals surface area contributed by atoms with Crippen molar-refractivity contribution in [1.29, 1.82) is 0 Å². The van der Waals surface area contributed by atoms with E-state index in [0.29, 0.717) is 0 Å². The highest BCUT2D eigenvalue weighted by Gasteiger charge is 2.16. The average molecular weight is 148 g/mol. The summed E-state index contributed by atoms with van der Waals surface area (Å²) < 4.78 is 5.04. The largest absolute Gasteiger partial charge is 0.497 e. The van der Waals surface area contributed by atoms with Crippen LogP contribution in [0.4, 0.5) is 0 Å². The molecule has 0 saturated heterocycles. The van der Waals surface area contributed by atoms with Gasteiger partial charge in [0.25, 0.3) is 0 Å². The predicted octanol–water partition coefficient (Wildman–Crippen LogP) is 0.938. The van der Waals surface area contributed by atoms with E-state index in [1.807, 2.05) is 18.2 Å². The maximum atomic E-state index is 5.04. The van der Waals surface area contributed by atoms with Gasteiger partial charge in [0.15, 0.2) is 0 Å². The van der Waals surface area contributed by atoms with Crippen LogP contribution in [-0.4, -0.2) is 25.2 Å². The lowest BCUT2D eigenvalue weighted by Crippen LogP contribution is -2.14. The van der Waals surface area contributed by atoms with Crippen molar-refractivity contribution < 1.29 is 4.74 Å². The van der Waals surface area contributed by atoms with Crippen LogP contribution >= 0.6 is 0 Å². The molecule has 56 valence electrons. The Morgan fingerprint density at radius 2 is 2.45 bits per heavy atom. The van der Waals surface area contributed by atoms with Crippen LogP contribution in [0.2, 0.25) is 0 Å². The number of fused-ring (bicyclic) bond motifs is 1. The molecule has 0 fully saturated rings. The van der Waals surface area contributed by atoms with Crippen LogP contribution in [0.5, 0.6) is 0 Å². The highest BCUT2D eigenvalue weighted by molar-refractivity contribution is 6.08. The van der Waals surface area contributed by atoms with Crippen molar-refractivity contribution in [3.8, 4) is 0 Å². The van der Waals surface area contributed by atoms with Gasteiger partial charge in [-0.1, -0.05) is 6.08 Å². The summed E-state index contributed by atoms with van der Waals surface area (Å²) in [4.78, 5) is 8.18. The zero-order valence-corrected chi connectivity index (χ0v) is 6.19. The maximum absolute atomic E-state index is 5.04. The molecule has 3 nitrogen and oxygen atoms in total. The zero-order chi connectivity index (χ0) is 7.68. The first-order chi connectivity index (χ1) is 5.40. The van der Waals surface area contributed by atoms with Gasteiger partial charge in [-0.3, -0.25) is 4.99 Å². The van der Waals surface area contributed by atoms with E-state index in [4.69, 9.17) is 4.74 Å². The number of aliphatic imine (C=N–C) groups is 2. The monoisotopic (exact) mass is 148 g/mol. The van der Waals surface area contributed by atoms with Gasteiger partial charge in [-0.2, -0.15) is 0 Å². The minimum atomic E-state index is 0.133. The van der Waals surface area contributed by atoms with E-state index in [0.717, 1.165) is 11.5 Å². The number of methoxy groups -OCH3 is 1. The predicted molar refractivity (Wildman–Crippen MR) is 43.9 cm³/mol. The lowest BCUT2D eigenvalue weighted by atomic mass is 10.1. The fraction of sp³-hybridized carbons (Fsp3) is 0.250. The second kappa shape index (κ2) is 2.34. The Morgan fingerprint density at radius 1 is 1.55 bits per heavy atom. The molecule has 2 aliphatic rings. The minimum absolute atomic E-state index is 0.133. The number of ether oxygens (including phenoxy) is 1. The molecule has 1 aliphatic carbocycles. The summed E-state index contributed by atoms with van der Waals surface area (Å²) in [6.07, 6.45) is 7.37. The first kappa shape index (κ1) is 6.34. The number of hydrogen-bond donors (Lipinski definition) is 0. The third-order valence-corrected chi connectivity index (χ3v) is 1.71. The second-order valence-electron chi connectivity index (χ2n) is 2.37. The van der Waals surface area contributed by atoms with Gasteiger partial charge in [0.2, 0.25) is 0 Å². The number of nitrogens with zero attached hydrogens (tertiary/aromatic N) is 2. The first-order valence-corrected chi connectivity index (χ1v) is 3.43. The Balaban J connectivity index is 2.29. The van der Waals surface area contributed by atoms with E-state index >= 15 is 0 Å². The topological polar surface area (TPSA) is 34.0 Å². The normalized spacial score (nSPS) is 26.1. The Kier molecular flexibility index (Phi) is 1.35. The molecule has 1 heterocycles. The molecule has 0 N–H and O–H groups in total. The van der Waals surface area contributed by atoms with Crippen LogP contribution in [0.1, 0.15) is 0 Å². The van der Waals surface area contributed by atoms with Gasteiger partial charge < -0.3 is 4.74 Å². The van der Waals surface area contributed by atoms with E-state index in [1.165, 1.54) is 0 Å². The van der Waals surface area contributed by atoms with Crippen LogP contribution in [-0.2, 0) is 4.74 Å². The summed E-state index contributed by atoms with van der Waals surface area (Å²) in [5.41, 5.74) is 0.962. The Bertz CT molecular complexity index is 286. The molecule has 0 aromatic heterocycles. The highest BCUT2D eigenvalue weighted by atomic mass is 16.5. The molecule has 0 amide bonds. The number of hydrogen-bond acceptors (Lipinski definition) is 3.